The highest BCUT2D eigenvalue weighted by atomic mass is 16.5. The van der Waals surface area contributed by atoms with Crippen molar-refractivity contribution in [2.45, 2.75) is 26.3 Å². The van der Waals surface area contributed by atoms with Gasteiger partial charge in [-0.1, -0.05) is 44.2 Å². The van der Waals surface area contributed by atoms with Gasteiger partial charge in [0.25, 0.3) is 5.91 Å². The van der Waals surface area contributed by atoms with Crippen LogP contribution in [0.5, 0.6) is 0 Å². The van der Waals surface area contributed by atoms with Gasteiger partial charge in [-0.3, -0.25) is 9.69 Å². The predicted molar refractivity (Wildman–Crippen MR) is 146 cm³/mol. The minimum Gasteiger partial charge on any atom is -0.465 e. The summed E-state index contributed by atoms with van der Waals surface area (Å²) in [6.07, 6.45) is 2.16. The number of benzene rings is 3. The highest BCUT2D eigenvalue weighted by Gasteiger charge is 2.23. The van der Waals surface area contributed by atoms with Crippen LogP contribution in [-0.2, 0) is 11.3 Å². The number of rotatable bonds is 6. The van der Waals surface area contributed by atoms with E-state index in [1.54, 1.807) is 0 Å². The summed E-state index contributed by atoms with van der Waals surface area (Å²) >= 11 is 0. The molecular formula is C31H33N3O3. The molecule has 37 heavy (non-hydrogen) atoms. The summed E-state index contributed by atoms with van der Waals surface area (Å²) in [6.45, 7) is 8.03. The van der Waals surface area contributed by atoms with Crippen LogP contribution in [0, 0.1) is 0 Å². The van der Waals surface area contributed by atoms with E-state index in [0.717, 1.165) is 47.4 Å². The third-order valence-electron chi connectivity index (χ3n) is 7.22. The lowest BCUT2D eigenvalue weighted by Crippen LogP contribution is -2.48. The molecule has 5 rings (SSSR count). The largest absolute Gasteiger partial charge is 0.465 e. The van der Waals surface area contributed by atoms with Crippen molar-refractivity contribution in [2.24, 2.45) is 0 Å². The van der Waals surface area contributed by atoms with Crippen LogP contribution in [-0.4, -0.2) is 59.5 Å². The second-order valence-electron chi connectivity index (χ2n) is 9.93. The van der Waals surface area contributed by atoms with Crippen LogP contribution in [0.4, 0.5) is 0 Å². The number of carbonyl (C=O) groups excluding carboxylic acids is 2. The molecule has 0 bridgehead atoms. The van der Waals surface area contributed by atoms with Crippen molar-refractivity contribution in [1.82, 2.24) is 14.4 Å². The monoisotopic (exact) mass is 495 g/mol. The number of nitrogens with zero attached hydrogens (tertiary/aromatic N) is 3. The Balaban J connectivity index is 1.34. The molecule has 6 heteroatoms. The predicted octanol–water partition coefficient (Wildman–Crippen LogP) is 5.50. The molecule has 0 unspecified atom stereocenters. The van der Waals surface area contributed by atoms with E-state index in [4.69, 9.17) is 4.74 Å². The first-order valence-electron chi connectivity index (χ1n) is 12.8. The van der Waals surface area contributed by atoms with Gasteiger partial charge >= 0.3 is 5.97 Å². The van der Waals surface area contributed by atoms with Crippen molar-refractivity contribution in [3.63, 3.8) is 0 Å². The van der Waals surface area contributed by atoms with Gasteiger partial charge in [0.05, 0.1) is 18.2 Å². The van der Waals surface area contributed by atoms with Gasteiger partial charge in [0, 0.05) is 55.6 Å². The molecule has 0 radical (unpaired) electrons. The number of methoxy groups -OCH3 is 1. The minimum absolute atomic E-state index is 0.0957. The molecular weight excluding hydrogens is 462 g/mol. The number of piperazine rings is 1. The lowest BCUT2D eigenvalue weighted by molar-refractivity contribution is 0.0599. The van der Waals surface area contributed by atoms with Crippen molar-refractivity contribution in [1.29, 1.82) is 0 Å². The number of aromatic nitrogens is 1. The number of amides is 1. The highest BCUT2D eigenvalue weighted by Crippen LogP contribution is 2.28. The molecule has 0 aliphatic carbocycles. The fraction of sp³-hybridized carbons (Fsp3) is 0.290. The molecule has 0 saturated carbocycles. The second kappa shape index (κ2) is 10.6. The smallest absolute Gasteiger partial charge is 0.337 e. The molecule has 1 fully saturated rings. The van der Waals surface area contributed by atoms with Crippen molar-refractivity contribution >= 4 is 22.8 Å². The molecule has 0 N–H and O–H groups in total. The van der Waals surface area contributed by atoms with Crippen LogP contribution in [0.25, 0.3) is 16.6 Å². The lowest BCUT2D eigenvalue weighted by Gasteiger charge is -2.34. The molecule has 6 nitrogen and oxygen atoms in total. The first kappa shape index (κ1) is 24.8. The number of carbonyl (C=O) groups is 2. The lowest BCUT2D eigenvalue weighted by atomic mass is 10.0. The summed E-state index contributed by atoms with van der Waals surface area (Å²) in [4.78, 5) is 29.6. The average molecular weight is 496 g/mol. The Bertz CT molecular complexity index is 1400. The Morgan fingerprint density at radius 2 is 1.54 bits per heavy atom. The van der Waals surface area contributed by atoms with Crippen molar-refractivity contribution in [3.05, 3.63) is 101 Å². The fourth-order valence-corrected chi connectivity index (χ4v) is 5.01. The molecule has 1 amide bonds. The number of fused-ring (bicyclic) bond motifs is 1. The zero-order valence-electron chi connectivity index (χ0n) is 21.7. The van der Waals surface area contributed by atoms with Gasteiger partial charge in [-0.15, -0.1) is 0 Å². The van der Waals surface area contributed by atoms with Crippen molar-refractivity contribution in [2.75, 3.05) is 33.3 Å². The van der Waals surface area contributed by atoms with Crippen molar-refractivity contribution in [3.8, 4) is 5.69 Å². The molecule has 2 heterocycles. The normalized spacial score (nSPS) is 14.3. The summed E-state index contributed by atoms with van der Waals surface area (Å²) in [5.74, 6) is 0.205. The van der Waals surface area contributed by atoms with Crippen LogP contribution in [0.2, 0.25) is 0 Å². The molecule has 1 aromatic heterocycles. The zero-order chi connectivity index (χ0) is 25.9. The van der Waals surface area contributed by atoms with Crippen LogP contribution in [0.15, 0.2) is 79.0 Å². The second-order valence-corrected chi connectivity index (χ2v) is 9.93. The van der Waals surface area contributed by atoms with E-state index in [-0.39, 0.29) is 11.9 Å². The Kier molecular flexibility index (Phi) is 7.10. The topological polar surface area (TPSA) is 54.8 Å². The van der Waals surface area contributed by atoms with Gasteiger partial charge in [0.2, 0.25) is 0 Å². The van der Waals surface area contributed by atoms with E-state index in [1.165, 1.54) is 12.7 Å². The molecule has 0 atom stereocenters. The molecule has 3 aromatic carbocycles. The number of hydrogen-bond donors (Lipinski definition) is 0. The molecule has 4 aromatic rings. The number of esters is 1. The third-order valence-corrected chi connectivity index (χ3v) is 7.22. The van der Waals surface area contributed by atoms with Crippen LogP contribution in [0.1, 0.15) is 51.6 Å². The Hall–Kier alpha value is -3.90. The quantitative estimate of drug-likeness (QED) is 0.332. The van der Waals surface area contributed by atoms with Crippen LogP contribution in [0.3, 0.4) is 0 Å². The Morgan fingerprint density at radius 1 is 0.865 bits per heavy atom. The van der Waals surface area contributed by atoms with Gasteiger partial charge in [-0.05, 0) is 59.5 Å². The Labute approximate surface area is 218 Å². The Morgan fingerprint density at radius 3 is 2.19 bits per heavy atom. The maximum absolute atomic E-state index is 13.1. The van der Waals surface area contributed by atoms with E-state index >= 15 is 0 Å². The number of para-hydroxylation sites is 1. The average Bonchev–Trinajstić information content (AvgIpc) is 3.30. The molecule has 0 spiro atoms. The van der Waals surface area contributed by atoms with Gasteiger partial charge < -0.3 is 14.2 Å². The van der Waals surface area contributed by atoms with Gasteiger partial charge in [0.1, 0.15) is 0 Å². The minimum atomic E-state index is -0.339. The standard InChI is InChI=1S/C31H33N3O3/c1-22(2)23-9-11-24(12-10-23)30(35)33-17-15-32(16-18-33)20-26-21-34(27-7-5-4-6-8-27)29-14-13-25(19-28(26)29)31(36)37-3/h4-14,19,21-22H,15-18,20H2,1-3H3. The van der Waals surface area contributed by atoms with Gasteiger partial charge in [-0.2, -0.15) is 0 Å². The SMILES string of the molecule is COC(=O)c1ccc2c(c1)c(CN1CCN(C(=O)c3ccc(C(C)C)cc3)CC1)cn2-c1ccccc1. The first-order chi connectivity index (χ1) is 17.9. The van der Waals surface area contributed by atoms with E-state index in [1.807, 2.05) is 53.4 Å². The molecule has 1 aliphatic rings. The van der Waals surface area contributed by atoms with Crippen molar-refractivity contribution < 1.29 is 14.3 Å². The van der Waals surface area contributed by atoms with Crippen LogP contribution < -0.4 is 0 Å². The fourth-order valence-electron chi connectivity index (χ4n) is 5.01. The summed E-state index contributed by atoms with van der Waals surface area (Å²) in [5, 5.41) is 1.04. The summed E-state index contributed by atoms with van der Waals surface area (Å²) in [5.41, 5.74) is 5.80. The highest BCUT2D eigenvalue weighted by molar-refractivity contribution is 5.96. The molecule has 190 valence electrons. The summed E-state index contributed by atoms with van der Waals surface area (Å²) < 4.78 is 7.13. The van der Waals surface area contributed by atoms with E-state index in [0.29, 0.717) is 24.6 Å². The maximum Gasteiger partial charge on any atom is 0.337 e. The van der Waals surface area contributed by atoms with E-state index in [2.05, 4.69) is 53.8 Å². The van der Waals surface area contributed by atoms with Crippen LogP contribution >= 0.6 is 0 Å². The summed E-state index contributed by atoms with van der Waals surface area (Å²) in [6, 6.07) is 23.9. The number of hydrogen-bond acceptors (Lipinski definition) is 4. The number of ether oxygens (including phenoxy) is 1. The molecule has 1 aliphatic heterocycles. The van der Waals surface area contributed by atoms with Gasteiger partial charge in [0.15, 0.2) is 0 Å². The van der Waals surface area contributed by atoms with E-state index < -0.39 is 0 Å². The first-order valence-corrected chi connectivity index (χ1v) is 12.8. The maximum atomic E-state index is 13.1. The van der Waals surface area contributed by atoms with E-state index in [9.17, 15) is 9.59 Å². The van der Waals surface area contributed by atoms with Gasteiger partial charge in [-0.25, -0.2) is 4.79 Å². The molecule has 1 saturated heterocycles. The summed E-state index contributed by atoms with van der Waals surface area (Å²) in [7, 11) is 1.40. The third kappa shape index (κ3) is 5.16. The zero-order valence-corrected chi connectivity index (χ0v) is 21.7.